The van der Waals surface area contributed by atoms with Gasteiger partial charge in [0.25, 0.3) is 0 Å². The van der Waals surface area contributed by atoms with Gasteiger partial charge in [0.05, 0.1) is 5.69 Å². The molecule has 0 bridgehead atoms. The van der Waals surface area contributed by atoms with Crippen LogP contribution in [0.25, 0.3) is 0 Å². The SMILES string of the molecule is N#CC(C#N)=C1Nc2ccccc2O1.[H-].[K+]. The quantitative estimate of drug-likeness (QED) is 0.446. The van der Waals surface area contributed by atoms with E-state index in [-0.39, 0.29) is 64.3 Å². The van der Waals surface area contributed by atoms with Crippen LogP contribution >= 0.6 is 0 Å². The second-order valence-corrected chi connectivity index (χ2v) is 2.65. The van der Waals surface area contributed by atoms with Crippen molar-refractivity contribution in [1.82, 2.24) is 0 Å². The van der Waals surface area contributed by atoms with Crippen molar-refractivity contribution >= 4 is 5.69 Å². The van der Waals surface area contributed by atoms with Crippen molar-refractivity contribution in [3.05, 3.63) is 35.7 Å². The number of nitrogens with zero attached hydrogens (tertiary/aromatic N) is 2. The van der Waals surface area contributed by atoms with E-state index in [0.29, 0.717) is 5.75 Å². The standard InChI is InChI=1S/C10H5N3O.K.H/c11-5-7(6-12)10-13-8-3-1-2-4-9(8)14-10;;/h1-4,13H;;/q;+1;-1. The minimum atomic E-state index is -0.0544. The minimum Gasteiger partial charge on any atom is -1.00 e. The van der Waals surface area contributed by atoms with Crippen molar-refractivity contribution in [2.45, 2.75) is 0 Å². The smallest absolute Gasteiger partial charge is 1.00 e. The summed E-state index contributed by atoms with van der Waals surface area (Å²) in [6.45, 7) is 0. The van der Waals surface area contributed by atoms with Crippen LogP contribution in [0.5, 0.6) is 5.75 Å². The number of para-hydroxylation sites is 2. The van der Waals surface area contributed by atoms with Gasteiger partial charge in [0, 0.05) is 0 Å². The van der Waals surface area contributed by atoms with Crippen molar-refractivity contribution in [2.24, 2.45) is 0 Å². The van der Waals surface area contributed by atoms with Gasteiger partial charge in [0.15, 0.2) is 11.3 Å². The topological polar surface area (TPSA) is 68.8 Å². The average molecular weight is 223 g/mol. The molecule has 1 aromatic carbocycles. The second kappa shape index (κ2) is 5.31. The Kier molecular flexibility index (Phi) is 4.34. The first-order valence-corrected chi connectivity index (χ1v) is 3.93. The summed E-state index contributed by atoms with van der Waals surface area (Å²) in [4.78, 5) is 0. The second-order valence-electron chi connectivity index (χ2n) is 2.65. The van der Waals surface area contributed by atoms with Crippen LogP contribution in [0.3, 0.4) is 0 Å². The molecular formula is C10H6KN3O. The molecule has 0 amide bonds. The number of hydrogen-bond acceptors (Lipinski definition) is 4. The van der Waals surface area contributed by atoms with Crippen molar-refractivity contribution in [2.75, 3.05) is 5.32 Å². The third-order valence-electron chi connectivity index (χ3n) is 1.80. The first-order valence-electron chi connectivity index (χ1n) is 3.93. The summed E-state index contributed by atoms with van der Waals surface area (Å²) in [6, 6.07) is 10.8. The Morgan fingerprint density at radius 2 is 1.93 bits per heavy atom. The Hall–Kier alpha value is -0.824. The molecule has 4 nitrogen and oxygen atoms in total. The van der Waals surface area contributed by atoms with Gasteiger partial charge in [0.1, 0.15) is 12.1 Å². The van der Waals surface area contributed by atoms with Gasteiger partial charge in [-0.1, -0.05) is 12.1 Å². The van der Waals surface area contributed by atoms with Crippen LogP contribution < -0.4 is 61.4 Å². The molecule has 0 saturated heterocycles. The number of allylic oxidation sites excluding steroid dienone is 1. The number of benzene rings is 1. The molecule has 0 unspecified atom stereocenters. The zero-order chi connectivity index (χ0) is 9.97. The molecule has 5 heteroatoms. The number of nitriles is 2. The first-order chi connectivity index (χ1) is 6.85. The molecule has 15 heavy (non-hydrogen) atoms. The van der Waals surface area contributed by atoms with Gasteiger partial charge in [-0.2, -0.15) is 10.5 Å². The van der Waals surface area contributed by atoms with E-state index in [1.54, 1.807) is 18.2 Å². The Morgan fingerprint density at radius 1 is 1.27 bits per heavy atom. The molecule has 0 aliphatic carbocycles. The maximum atomic E-state index is 8.62. The Balaban J connectivity index is 0.00000112. The maximum Gasteiger partial charge on any atom is 1.00 e. The van der Waals surface area contributed by atoms with Crippen LogP contribution in [0.2, 0.25) is 0 Å². The van der Waals surface area contributed by atoms with E-state index in [1.807, 2.05) is 18.2 Å². The molecular weight excluding hydrogens is 217 g/mol. The number of hydrogen-bond donors (Lipinski definition) is 1. The Morgan fingerprint density at radius 3 is 2.53 bits per heavy atom. The summed E-state index contributed by atoms with van der Waals surface area (Å²) >= 11 is 0. The fourth-order valence-electron chi connectivity index (χ4n) is 1.16. The number of fused-ring (bicyclic) bond motifs is 1. The van der Waals surface area contributed by atoms with Crippen molar-refractivity contribution in [3.63, 3.8) is 0 Å². The van der Waals surface area contributed by atoms with Crippen molar-refractivity contribution in [1.29, 1.82) is 10.5 Å². The van der Waals surface area contributed by atoms with Crippen LogP contribution in [-0.2, 0) is 0 Å². The zero-order valence-electron chi connectivity index (χ0n) is 9.11. The number of anilines is 1. The van der Waals surface area contributed by atoms with Gasteiger partial charge in [-0.25, -0.2) is 0 Å². The fraction of sp³-hybridized carbons (Fsp3) is 0. The molecule has 1 aliphatic heterocycles. The van der Waals surface area contributed by atoms with E-state index in [1.165, 1.54) is 0 Å². The summed E-state index contributed by atoms with van der Waals surface area (Å²) in [5.74, 6) is 0.835. The molecule has 68 valence electrons. The molecule has 1 aliphatic rings. The van der Waals surface area contributed by atoms with Gasteiger partial charge in [0.2, 0.25) is 5.88 Å². The molecule has 0 saturated carbocycles. The number of nitrogens with one attached hydrogen (secondary N) is 1. The van der Waals surface area contributed by atoms with E-state index < -0.39 is 0 Å². The first kappa shape index (κ1) is 12.2. The molecule has 0 atom stereocenters. The third kappa shape index (κ3) is 2.40. The summed E-state index contributed by atoms with van der Waals surface area (Å²) in [5.41, 5.74) is 0.715. The van der Waals surface area contributed by atoms with Gasteiger partial charge in [-0.15, -0.1) is 0 Å². The largest absolute Gasteiger partial charge is 1.00 e. The zero-order valence-corrected chi connectivity index (χ0v) is 11.2. The molecule has 1 N–H and O–H groups in total. The van der Waals surface area contributed by atoms with Gasteiger partial charge in [-0.3, -0.25) is 0 Å². The minimum absolute atomic E-state index is 0. The van der Waals surface area contributed by atoms with Crippen molar-refractivity contribution in [3.8, 4) is 17.9 Å². The summed E-state index contributed by atoms with van der Waals surface area (Å²) in [5, 5.41) is 20.1. The van der Waals surface area contributed by atoms with Gasteiger partial charge in [-0.05, 0) is 12.1 Å². The van der Waals surface area contributed by atoms with Crippen molar-refractivity contribution < 1.29 is 57.5 Å². The van der Waals surface area contributed by atoms with Crippen LogP contribution in [0, 0.1) is 22.7 Å². The van der Waals surface area contributed by atoms with Gasteiger partial charge < -0.3 is 11.5 Å². The van der Waals surface area contributed by atoms with E-state index in [9.17, 15) is 0 Å². The summed E-state index contributed by atoms with van der Waals surface area (Å²) in [7, 11) is 0. The molecule has 0 fully saturated rings. The van der Waals surface area contributed by atoms with Crippen LogP contribution in [0.1, 0.15) is 1.43 Å². The Bertz CT molecular complexity index is 459. The van der Waals surface area contributed by atoms with Crippen LogP contribution in [0.4, 0.5) is 5.69 Å². The summed E-state index contributed by atoms with van der Waals surface area (Å²) < 4.78 is 5.27. The van der Waals surface area contributed by atoms with Gasteiger partial charge >= 0.3 is 51.4 Å². The third-order valence-corrected chi connectivity index (χ3v) is 1.80. The number of ether oxygens (including phenoxy) is 1. The van der Waals surface area contributed by atoms with E-state index in [2.05, 4.69) is 5.32 Å². The molecule has 0 spiro atoms. The molecule has 1 heterocycles. The maximum absolute atomic E-state index is 8.62. The predicted molar refractivity (Wildman–Crippen MR) is 50.1 cm³/mol. The molecule has 0 radical (unpaired) electrons. The van der Waals surface area contributed by atoms with Crippen LogP contribution in [0.15, 0.2) is 35.7 Å². The fourth-order valence-corrected chi connectivity index (χ4v) is 1.16. The van der Waals surface area contributed by atoms with E-state index in [4.69, 9.17) is 15.3 Å². The summed E-state index contributed by atoms with van der Waals surface area (Å²) in [6.07, 6.45) is 0. The molecule has 0 aromatic heterocycles. The monoisotopic (exact) mass is 223 g/mol. The van der Waals surface area contributed by atoms with E-state index in [0.717, 1.165) is 5.69 Å². The molecule has 2 rings (SSSR count). The van der Waals surface area contributed by atoms with Crippen LogP contribution in [-0.4, -0.2) is 0 Å². The molecule has 1 aromatic rings. The Labute approximate surface area is 131 Å². The normalized spacial score (nSPS) is 10.9. The number of rotatable bonds is 0. The van der Waals surface area contributed by atoms with E-state index >= 15 is 0 Å². The predicted octanol–water partition coefficient (Wildman–Crippen LogP) is -1.13. The average Bonchev–Trinajstić information content (AvgIpc) is 2.63.